The van der Waals surface area contributed by atoms with Crippen LogP contribution in [0.15, 0.2) is 18.2 Å². The molecule has 0 spiro atoms. The number of benzene rings is 1. The Morgan fingerprint density at radius 3 is 2.65 bits per heavy atom. The molecular formula is C16H23Cl2NO. The van der Waals surface area contributed by atoms with Crippen LogP contribution in [0, 0.1) is 11.8 Å². The van der Waals surface area contributed by atoms with Crippen molar-refractivity contribution in [3.8, 4) is 0 Å². The zero-order valence-electron chi connectivity index (χ0n) is 11.9. The molecule has 3 atom stereocenters. The lowest BCUT2D eigenvalue weighted by molar-refractivity contribution is 0.190. The van der Waals surface area contributed by atoms with Crippen LogP contribution in [0.1, 0.15) is 44.2 Å². The molecule has 1 saturated carbocycles. The molecule has 112 valence electrons. The van der Waals surface area contributed by atoms with Crippen LogP contribution in [-0.4, -0.2) is 18.3 Å². The van der Waals surface area contributed by atoms with Crippen LogP contribution in [0.3, 0.4) is 0 Å². The van der Waals surface area contributed by atoms with E-state index in [9.17, 15) is 5.11 Å². The standard InChI is InChI=1S/C16H23Cl2NO/c1-2-16(11-6-7-14(17)15(18)8-11)19-9-12-4-3-5-13(12)10-20/h6-8,12-13,16,19-20H,2-5,9-10H2,1H3. The summed E-state index contributed by atoms with van der Waals surface area (Å²) < 4.78 is 0. The van der Waals surface area contributed by atoms with E-state index >= 15 is 0 Å². The number of rotatable bonds is 6. The van der Waals surface area contributed by atoms with Gasteiger partial charge < -0.3 is 10.4 Å². The molecule has 1 aromatic rings. The van der Waals surface area contributed by atoms with Crippen molar-refractivity contribution in [2.24, 2.45) is 11.8 Å². The minimum absolute atomic E-state index is 0.296. The van der Waals surface area contributed by atoms with Crippen LogP contribution in [0.25, 0.3) is 0 Å². The van der Waals surface area contributed by atoms with E-state index in [1.807, 2.05) is 18.2 Å². The largest absolute Gasteiger partial charge is 0.396 e. The predicted molar refractivity (Wildman–Crippen MR) is 85.4 cm³/mol. The van der Waals surface area contributed by atoms with Crippen LogP contribution >= 0.6 is 23.2 Å². The summed E-state index contributed by atoms with van der Waals surface area (Å²) >= 11 is 12.1. The second kappa shape index (κ2) is 7.65. The first kappa shape index (κ1) is 16.1. The number of hydrogen-bond acceptors (Lipinski definition) is 2. The van der Waals surface area contributed by atoms with Crippen LogP contribution < -0.4 is 5.32 Å². The van der Waals surface area contributed by atoms with Crippen molar-refractivity contribution in [1.29, 1.82) is 0 Å². The molecule has 0 amide bonds. The van der Waals surface area contributed by atoms with Gasteiger partial charge >= 0.3 is 0 Å². The molecule has 0 aromatic heterocycles. The second-order valence-corrected chi connectivity index (χ2v) is 6.49. The Morgan fingerprint density at radius 1 is 1.25 bits per heavy atom. The maximum absolute atomic E-state index is 9.38. The van der Waals surface area contributed by atoms with Gasteiger partial charge in [-0.1, -0.05) is 42.6 Å². The molecule has 0 bridgehead atoms. The molecule has 0 radical (unpaired) electrons. The summed E-state index contributed by atoms with van der Waals surface area (Å²) in [6.07, 6.45) is 4.62. The Kier molecular flexibility index (Phi) is 6.16. The van der Waals surface area contributed by atoms with E-state index in [1.54, 1.807) is 0 Å². The highest BCUT2D eigenvalue weighted by Crippen LogP contribution is 2.32. The molecule has 1 aliphatic rings. The van der Waals surface area contributed by atoms with E-state index in [4.69, 9.17) is 23.2 Å². The van der Waals surface area contributed by atoms with E-state index in [1.165, 1.54) is 18.4 Å². The number of aliphatic hydroxyl groups is 1. The Labute approximate surface area is 131 Å². The Bertz CT molecular complexity index is 438. The molecule has 2 rings (SSSR count). The Morgan fingerprint density at radius 2 is 2.00 bits per heavy atom. The van der Waals surface area contributed by atoms with Crippen molar-refractivity contribution in [3.63, 3.8) is 0 Å². The first-order valence-electron chi connectivity index (χ1n) is 7.44. The van der Waals surface area contributed by atoms with Gasteiger partial charge in [-0.2, -0.15) is 0 Å². The molecule has 0 saturated heterocycles. The minimum atomic E-state index is 0.296. The van der Waals surface area contributed by atoms with Crippen LogP contribution in [0.2, 0.25) is 10.0 Å². The average molecular weight is 316 g/mol. The third-order valence-corrected chi connectivity index (χ3v) is 5.17. The molecular weight excluding hydrogens is 293 g/mol. The van der Waals surface area contributed by atoms with Crippen LogP contribution in [-0.2, 0) is 0 Å². The molecule has 3 unspecified atom stereocenters. The molecule has 1 fully saturated rings. The summed E-state index contributed by atoms with van der Waals surface area (Å²) in [5, 5.41) is 14.2. The average Bonchev–Trinajstić information content (AvgIpc) is 2.90. The summed E-state index contributed by atoms with van der Waals surface area (Å²) in [5.74, 6) is 1.06. The Hall–Kier alpha value is -0.280. The lowest BCUT2D eigenvalue weighted by Crippen LogP contribution is -2.29. The molecule has 0 aliphatic heterocycles. The minimum Gasteiger partial charge on any atom is -0.396 e. The molecule has 1 aliphatic carbocycles. The van der Waals surface area contributed by atoms with Gasteiger partial charge in [-0.05, 0) is 55.3 Å². The predicted octanol–water partition coefficient (Wildman–Crippen LogP) is 4.44. The fraction of sp³-hybridized carbons (Fsp3) is 0.625. The summed E-state index contributed by atoms with van der Waals surface area (Å²) in [6, 6.07) is 6.14. The van der Waals surface area contributed by atoms with Crippen LogP contribution in [0.4, 0.5) is 0 Å². The van der Waals surface area contributed by atoms with Crippen molar-refractivity contribution < 1.29 is 5.11 Å². The van der Waals surface area contributed by atoms with Gasteiger partial charge in [-0.25, -0.2) is 0 Å². The third kappa shape index (κ3) is 3.88. The molecule has 0 heterocycles. The number of halogens is 2. The summed E-state index contributed by atoms with van der Waals surface area (Å²) in [4.78, 5) is 0. The highest BCUT2D eigenvalue weighted by Gasteiger charge is 2.26. The molecule has 4 heteroatoms. The number of hydrogen-bond donors (Lipinski definition) is 2. The summed E-state index contributed by atoms with van der Waals surface area (Å²) in [6.45, 7) is 3.44. The summed E-state index contributed by atoms with van der Waals surface area (Å²) in [7, 11) is 0. The van der Waals surface area contributed by atoms with Crippen molar-refractivity contribution in [3.05, 3.63) is 33.8 Å². The molecule has 20 heavy (non-hydrogen) atoms. The lowest BCUT2D eigenvalue weighted by Gasteiger charge is -2.23. The van der Waals surface area contributed by atoms with E-state index < -0.39 is 0 Å². The van der Waals surface area contributed by atoms with Gasteiger partial charge in [0.05, 0.1) is 10.0 Å². The topological polar surface area (TPSA) is 32.3 Å². The lowest BCUT2D eigenvalue weighted by atomic mass is 9.95. The zero-order valence-corrected chi connectivity index (χ0v) is 13.4. The molecule has 2 N–H and O–H groups in total. The molecule has 1 aromatic carbocycles. The third-order valence-electron chi connectivity index (χ3n) is 4.43. The van der Waals surface area contributed by atoms with Crippen molar-refractivity contribution in [2.45, 2.75) is 38.6 Å². The van der Waals surface area contributed by atoms with Gasteiger partial charge in [0.2, 0.25) is 0 Å². The highest BCUT2D eigenvalue weighted by molar-refractivity contribution is 6.42. The monoisotopic (exact) mass is 315 g/mol. The zero-order chi connectivity index (χ0) is 14.5. The first-order chi connectivity index (χ1) is 9.65. The van der Waals surface area contributed by atoms with E-state index in [0.29, 0.717) is 34.5 Å². The highest BCUT2D eigenvalue weighted by atomic mass is 35.5. The fourth-order valence-corrected chi connectivity index (χ4v) is 3.45. The van der Waals surface area contributed by atoms with Gasteiger partial charge in [-0.15, -0.1) is 0 Å². The van der Waals surface area contributed by atoms with Gasteiger partial charge in [0.1, 0.15) is 0 Å². The van der Waals surface area contributed by atoms with Gasteiger partial charge in [0.25, 0.3) is 0 Å². The fourth-order valence-electron chi connectivity index (χ4n) is 3.14. The van der Waals surface area contributed by atoms with E-state index in [0.717, 1.165) is 19.4 Å². The number of nitrogens with one attached hydrogen (secondary N) is 1. The van der Waals surface area contributed by atoms with E-state index in [2.05, 4.69) is 12.2 Å². The second-order valence-electron chi connectivity index (χ2n) is 5.68. The smallest absolute Gasteiger partial charge is 0.0595 e. The number of aliphatic hydroxyl groups excluding tert-OH is 1. The van der Waals surface area contributed by atoms with Crippen LogP contribution in [0.5, 0.6) is 0 Å². The van der Waals surface area contributed by atoms with Gasteiger partial charge in [-0.3, -0.25) is 0 Å². The quantitative estimate of drug-likeness (QED) is 0.813. The first-order valence-corrected chi connectivity index (χ1v) is 8.20. The van der Waals surface area contributed by atoms with Gasteiger partial charge in [0, 0.05) is 12.6 Å². The maximum atomic E-state index is 9.38. The maximum Gasteiger partial charge on any atom is 0.0595 e. The van der Waals surface area contributed by atoms with Crippen molar-refractivity contribution in [2.75, 3.05) is 13.2 Å². The summed E-state index contributed by atoms with van der Waals surface area (Å²) in [5.41, 5.74) is 1.18. The van der Waals surface area contributed by atoms with Gasteiger partial charge in [0.15, 0.2) is 0 Å². The van der Waals surface area contributed by atoms with Crippen molar-refractivity contribution >= 4 is 23.2 Å². The molecule has 2 nitrogen and oxygen atoms in total. The SMILES string of the molecule is CCC(NCC1CCCC1CO)c1ccc(Cl)c(Cl)c1. The van der Waals surface area contributed by atoms with Crippen molar-refractivity contribution in [1.82, 2.24) is 5.32 Å². The van der Waals surface area contributed by atoms with E-state index in [-0.39, 0.29) is 0 Å². The normalized spacial score (nSPS) is 24.0. The Balaban J connectivity index is 1.96.